The molecule has 0 spiro atoms. The summed E-state index contributed by atoms with van der Waals surface area (Å²) < 4.78 is 40.6. The van der Waals surface area contributed by atoms with Gasteiger partial charge in [0.15, 0.2) is 0 Å². The molecule has 2 saturated carbocycles. The fourth-order valence-electron chi connectivity index (χ4n) is 6.49. The number of alkyl halides is 3. The minimum absolute atomic E-state index is 0.00161. The van der Waals surface area contributed by atoms with Crippen LogP contribution in [0.1, 0.15) is 65.2 Å². The first kappa shape index (κ1) is 21.4. The van der Waals surface area contributed by atoms with Gasteiger partial charge >= 0.3 is 6.18 Å². The van der Waals surface area contributed by atoms with E-state index >= 15 is 0 Å². The van der Waals surface area contributed by atoms with Gasteiger partial charge in [-0.1, -0.05) is 33.1 Å². The van der Waals surface area contributed by atoms with Gasteiger partial charge in [-0.05, 0) is 55.8 Å². The Kier molecular flexibility index (Phi) is 6.18. The molecule has 4 nitrogen and oxygen atoms in total. The molecule has 4 fully saturated rings. The van der Waals surface area contributed by atoms with Crippen LogP contribution in [0.2, 0.25) is 0 Å². The number of fused-ring (bicyclic) bond motifs is 1. The predicted octanol–water partition coefficient (Wildman–Crippen LogP) is 4.55. The fraction of sp³-hybridized carbons (Fsp3) is 0.955. The average molecular weight is 417 g/mol. The van der Waals surface area contributed by atoms with Crippen molar-refractivity contribution in [2.24, 2.45) is 35.5 Å². The Bertz CT molecular complexity index is 599. The van der Waals surface area contributed by atoms with Crippen molar-refractivity contribution in [3.05, 3.63) is 0 Å². The SMILES string of the molecule is CC1CONC1C[C@@H](C)C1CCCC(N2CC3C(CCCC3C(F)(F)F)C2=O)C1. The largest absolute Gasteiger partial charge is 0.392 e. The number of carbonyl (C=O) groups is 1. The van der Waals surface area contributed by atoms with E-state index in [0.29, 0.717) is 43.2 Å². The first-order valence-electron chi connectivity index (χ1n) is 11.5. The molecule has 2 saturated heterocycles. The molecule has 2 aliphatic carbocycles. The van der Waals surface area contributed by atoms with Crippen LogP contribution in [0.3, 0.4) is 0 Å². The Morgan fingerprint density at radius 2 is 1.97 bits per heavy atom. The number of hydroxylamine groups is 1. The van der Waals surface area contributed by atoms with Crippen molar-refractivity contribution in [2.75, 3.05) is 13.2 Å². The summed E-state index contributed by atoms with van der Waals surface area (Å²) in [4.78, 5) is 20.3. The van der Waals surface area contributed by atoms with Gasteiger partial charge in [0, 0.05) is 24.5 Å². The molecule has 7 heteroatoms. The van der Waals surface area contributed by atoms with Crippen molar-refractivity contribution in [3.63, 3.8) is 0 Å². The normalized spacial score (nSPS) is 42.2. The van der Waals surface area contributed by atoms with Crippen molar-refractivity contribution in [1.82, 2.24) is 10.4 Å². The lowest BCUT2D eigenvalue weighted by Crippen LogP contribution is -2.42. The van der Waals surface area contributed by atoms with Crippen LogP contribution in [0, 0.1) is 35.5 Å². The third kappa shape index (κ3) is 4.32. The van der Waals surface area contributed by atoms with Gasteiger partial charge in [0.25, 0.3) is 0 Å². The maximum Gasteiger partial charge on any atom is 0.392 e. The maximum absolute atomic E-state index is 13.5. The second-order valence-electron chi connectivity index (χ2n) is 10.1. The van der Waals surface area contributed by atoms with Crippen molar-refractivity contribution in [1.29, 1.82) is 0 Å². The van der Waals surface area contributed by atoms with E-state index in [9.17, 15) is 18.0 Å². The van der Waals surface area contributed by atoms with Gasteiger partial charge in [0.1, 0.15) is 0 Å². The van der Waals surface area contributed by atoms with E-state index in [0.717, 1.165) is 38.7 Å². The highest BCUT2D eigenvalue weighted by atomic mass is 19.4. The van der Waals surface area contributed by atoms with Gasteiger partial charge in [-0.25, -0.2) is 0 Å². The van der Waals surface area contributed by atoms with Gasteiger partial charge < -0.3 is 9.74 Å². The Balaban J connectivity index is 1.40. The van der Waals surface area contributed by atoms with E-state index in [-0.39, 0.29) is 18.4 Å². The number of hydrogen-bond donors (Lipinski definition) is 1. The molecule has 0 aromatic heterocycles. The Labute approximate surface area is 171 Å². The van der Waals surface area contributed by atoms with Crippen LogP contribution in [0.5, 0.6) is 0 Å². The molecule has 4 rings (SSSR count). The quantitative estimate of drug-likeness (QED) is 0.731. The van der Waals surface area contributed by atoms with Crippen LogP contribution in [0.4, 0.5) is 13.2 Å². The zero-order valence-corrected chi connectivity index (χ0v) is 17.6. The minimum Gasteiger partial charge on any atom is -0.339 e. The monoisotopic (exact) mass is 416 g/mol. The minimum atomic E-state index is -4.18. The summed E-state index contributed by atoms with van der Waals surface area (Å²) in [6.45, 7) is 5.54. The summed E-state index contributed by atoms with van der Waals surface area (Å²) in [5.41, 5.74) is 3.13. The number of nitrogens with zero attached hydrogens (tertiary/aromatic N) is 1. The number of hydrogen-bond acceptors (Lipinski definition) is 3. The molecule has 0 bridgehead atoms. The summed E-state index contributed by atoms with van der Waals surface area (Å²) >= 11 is 0. The summed E-state index contributed by atoms with van der Waals surface area (Å²) in [7, 11) is 0. The van der Waals surface area contributed by atoms with E-state index in [4.69, 9.17) is 4.84 Å². The van der Waals surface area contributed by atoms with E-state index in [2.05, 4.69) is 19.3 Å². The molecule has 29 heavy (non-hydrogen) atoms. The smallest absolute Gasteiger partial charge is 0.339 e. The summed E-state index contributed by atoms with van der Waals surface area (Å²) in [6.07, 6.45) is 2.28. The zero-order valence-electron chi connectivity index (χ0n) is 17.6. The van der Waals surface area contributed by atoms with Crippen molar-refractivity contribution in [3.8, 4) is 0 Å². The molecule has 1 amide bonds. The molecule has 2 heterocycles. The van der Waals surface area contributed by atoms with Crippen LogP contribution < -0.4 is 5.48 Å². The zero-order chi connectivity index (χ0) is 20.8. The molecule has 0 aromatic carbocycles. The van der Waals surface area contributed by atoms with Crippen LogP contribution in [-0.2, 0) is 9.63 Å². The molecule has 2 aliphatic heterocycles. The summed E-state index contributed by atoms with van der Waals surface area (Å²) in [5.74, 6) is -0.701. The van der Waals surface area contributed by atoms with Gasteiger partial charge in [-0.2, -0.15) is 18.7 Å². The van der Waals surface area contributed by atoms with Gasteiger partial charge in [0.05, 0.1) is 12.5 Å². The molecule has 166 valence electrons. The highest BCUT2D eigenvalue weighted by Gasteiger charge is 2.55. The predicted molar refractivity (Wildman–Crippen MR) is 104 cm³/mol. The number of amides is 1. The molecule has 1 N–H and O–H groups in total. The molecule has 7 unspecified atom stereocenters. The number of likely N-dealkylation sites (tertiary alicyclic amines) is 1. The van der Waals surface area contributed by atoms with E-state index in [1.165, 1.54) is 0 Å². The lowest BCUT2D eigenvalue weighted by atomic mass is 9.73. The third-order valence-electron chi connectivity index (χ3n) is 8.32. The van der Waals surface area contributed by atoms with Crippen LogP contribution in [0.15, 0.2) is 0 Å². The highest BCUT2D eigenvalue weighted by molar-refractivity contribution is 5.82. The third-order valence-corrected chi connectivity index (χ3v) is 8.32. The molecular weight excluding hydrogens is 381 g/mol. The first-order chi connectivity index (χ1) is 13.8. The van der Waals surface area contributed by atoms with Gasteiger partial charge in [0.2, 0.25) is 5.91 Å². The van der Waals surface area contributed by atoms with Crippen molar-refractivity contribution < 1.29 is 22.8 Å². The highest BCUT2D eigenvalue weighted by Crippen LogP contribution is 2.49. The van der Waals surface area contributed by atoms with Gasteiger partial charge in [-0.3, -0.25) is 4.79 Å². The number of carbonyl (C=O) groups excluding carboxylic acids is 1. The van der Waals surface area contributed by atoms with Crippen LogP contribution in [-0.4, -0.2) is 42.2 Å². The van der Waals surface area contributed by atoms with E-state index in [1.54, 1.807) is 0 Å². The van der Waals surface area contributed by atoms with Crippen molar-refractivity contribution >= 4 is 5.91 Å². The number of nitrogens with one attached hydrogen (secondary N) is 1. The molecule has 4 aliphatic rings. The summed E-state index contributed by atoms with van der Waals surface area (Å²) in [5, 5.41) is 0. The second-order valence-corrected chi connectivity index (χ2v) is 10.1. The Morgan fingerprint density at radius 1 is 1.21 bits per heavy atom. The van der Waals surface area contributed by atoms with E-state index < -0.39 is 23.9 Å². The Hall–Kier alpha value is -0.820. The Morgan fingerprint density at radius 3 is 2.66 bits per heavy atom. The van der Waals surface area contributed by atoms with E-state index in [1.807, 2.05) is 4.90 Å². The van der Waals surface area contributed by atoms with Crippen LogP contribution in [0.25, 0.3) is 0 Å². The standard InChI is InChI=1S/C22H35F3N2O2/c1-13(9-20-14(2)12-29-26-20)15-5-3-6-16(10-15)27-11-18-17(21(27)28)7-4-8-19(18)22(23,24)25/h13-20,26H,3-12H2,1-2H3/t13-,14?,15?,16?,17?,18?,19?,20?/m1/s1. The fourth-order valence-corrected chi connectivity index (χ4v) is 6.49. The molecule has 8 atom stereocenters. The van der Waals surface area contributed by atoms with Gasteiger partial charge in [-0.15, -0.1) is 0 Å². The maximum atomic E-state index is 13.5. The van der Waals surface area contributed by atoms with Crippen molar-refractivity contribution in [2.45, 2.75) is 83.5 Å². The number of halogens is 3. The average Bonchev–Trinajstić information content (AvgIpc) is 3.24. The topological polar surface area (TPSA) is 41.6 Å². The molecule has 0 aromatic rings. The second kappa shape index (κ2) is 8.37. The van der Waals surface area contributed by atoms with Crippen LogP contribution >= 0.6 is 0 Å². The molecular formula is C22H35F3N2O2. The molecule has 0 radical (unpaired) electrons. The lowest BCUT2D eigenvalue weighted by molar-refractivity contribution is -0.198. The summed E-state index contributed by atoms with van der Waals surface area (Å²) in [6, 6.07) is 0.489. The number of rotatable bonds is 4. The first-order valence-corrected chi connectivity index (χ1v) is 11.5. The lowest BCUT2D eigenvalue weighted by Gasteiger charge is -2.39.